The molecule has 2 heterocycles. The topological polar surface area (TPSA) is 136 Å². The van der Waals surface area contributed by atoms with Crippen molar-refractivity contribution in [1.82, 2.24) is 10.2 Å². The summed E-state index contributed by atoms with van der Waals surface area (Å²) >= 11 is 1.39. The van der Waals surface area contributed by atoms with Crippen LogP contribution in [0.2, 0.25) is 0 Å². The number of amides is 1. The number of aliphatic hydroxyl groups is 1. The number of aliphatic hydroxyl groups excluding tert-OH is 1. The van der Waals surface area contributed by atoms with Crippen molar-refractivity contribution in [1.29, 1.82) is 0 Å². The fourth-order valence-electron chi connectivity index (χ4n) is 3.33. The summed E-state index contributed by atoms with van der Waals surface area (Å²) in [5.41, 5.74) is 6.61. The van der Waals surface area contributed by atoms with Crippen molar-refractivity contribution in [2.75, 3.05) is 0 Å². The van der Waals surface area contributed by atoms with Crippen LogP contribution in [0.25, 0.3) is 0 Å². The Balaban J connectivity index is 1.69. The van der Waals surface area contributed by atoms with Crippen LogP contribution in [0.4, 0.5) is 0 Å². The van der Waals surface area contributed by atoms with Crippen molar-refractivity contribution in [2.45, 2.75) is 48.3 Å². The molecule has 1 aromatic carbocycles. The van der Waals surface area contributed by atoms with E-state index in [2.05, 4.69) is 5.32 Å². The van der Waals surface area contributed by atoms with Crippen LogP contribution in [0.3, 0.4) is 0 Å². The molecule has 25 heavy (non-hydrogen) atoms. The highest BCUT2D eigenvalue weighted by atomic mass is 32.2. The maximum absolute atomic E-state index is 12.4. The summed E-state index contributed by atoms with van der Waals surface area (Å²) in [6, 6.07) is 3.73. The van der Waals surface area contributed by atoms with Gasteiger partial charge in [-0.15, -0.1) is 11.8 Å². The van der Waals surface area contributed by atoms with E-state index < -0.39 is 35.1 Å². The highest BCUT2D eigenvalue weighted by molar-refractivity contribution is 8.01. The Morgan fingerprint density at radius 3 is 2.52 bits per heavy atom. The zero-order valence-electron chi connectivity index (χ0n) is 13.8. The van der Waals surface area contributed by atoms with Gasteiger partial charge < -0.3 is 26.0 Å². The number of carboxylic acid groups (broad SMARTS) is 1. The van der Waals surface area contributed by atoms with Crippen LogP contribution in [0.5, 0.6) is 5.75 Å². The van der Waals surface area contributed by atoms with Gasteiger partial charge in [0.15, 0.2) is 0 Å². The first-order valence-corrected chi connectivity index (χ1v) is 8.73. The Morgan fingerprint density at radius 2 is 1.96 bits per heavy atom. The molecule has 2 aliphatic heterocycles. The van der Waals surface area contributed by atoms with Crippen LogP contribution >= 0.6 is 11.8 Å². The molecule has 0 radical (unpaired) electrons. The molecular weight excluding hydrogens is 346 g/mol. The number of phenols is 1. The van der Waals surface area contributed by atoms with Gasteiger partial charge in [-0.1, -0.05) is 12.1 Å². The first-order valence-electron chi connectivity index (χ1n) is 7.85. The molecule has 0 aromatic heterocycles. The number of nitrogens with zero attached hydrogens (tertiary/aromatic N) is 1. The number of benzene rings is 1. The lowest BCUT2D eigenvalue weighted by Gasteiger charge is -2.45. The van der Waals surface area contributed by atoms with Crippen LogP contribution < -0.4 is 11.1 Å². The second kappa shape index (κ2) is 6.17. The Kier molecular flexibility index (Phi) is 4.44. The maximum atomic E-state index is 12.4. The third kappa shape index (κ3) is 2.97. The Hall–Kier alpha value is -1.81. The summed E-state index contributed by atoms with van der Waals surface area (Å²) in [6.07, 6.45) is -1.19. The summed E-state index contributed by atoms with van der Waals surface area (Å²) < 4.78 is -0.618. The zero-order chi connectivity index (χ0) is 18.5. The number of hydrogen-bond donors (Lipinski definition) is 5. The molecule has 2 saturated heterocycles. The maximum Gasteiger partial charge on any atom is 0.327 e. The largest absolute Gasteiger partial charge is 0.508 e. The lowest BCUT2D eigenvalue weighted by Crippen LogP contribution is -2.71. The number of aliphatic carboxylic acids is 1. The van der Waals surface area contributed by atoms with Gasteiger partial charge in [-0.05, 0) is 31.5 Å². The first kappa shape index (κ1) is 18.0. The number of aromatic hydroxyl groups is 1. The third-order valence-corrected chi connectivity index (χ3v) is 6.21. The summed E-state index contributed by atoms with van der Waals surface area (Å²) in [5.74, 6) is -1.30. The summed E-state index contributed by atoms with van der Waals surface area (Å²) in [5, 5.41) is 31.5. The Labute approximate surface area is 149 Å². The molecule has 6 N–H and O–H groups in total. The van der Waals surface area contributed by atoms with Crippen LogP contribution in [0.1, 0.15) is 25.5 Å². The first-order chi connectivity index (χ1) is 11.6. The molecule has 2 unspecified atom stereocenters. The molecule has 0 saturated carbocycles. The molecular formula is C16H21N3O5S. The number of thioether (sulfide) groups is 1. The number of hydrogen-bond acceptors (Lipinski definition) is 7. The Bertz CT molecular complexity index is 696. The van der Waals surface area contributed by atoms with E-state index in [1.165, 1.54) is 28.8 Å². The molecule has 136 valence electrons. The molecule has 1 amide bonds. The number of fused-ring (bicyclic) bond motifs is 1. The van der Waals surface area contributed by atoms with Gasteiger partial charge in [0, 0.05) is 4.75 Å². The van der Waals surface area contributed by atoms with Gasteiger partial charge in [0.25, 0.3) is 0 Å². The van der Waals surface area contributed by atoms with Gasteiger partial charge in [-0.3, -0.25) is 10.1 Å². The molecule has 0 spiro atoms. The molecule has 3 rings (SSSR count). The highest BCUT2D eigenvalue weighted by Gasteiger charge is 2.64. The van der Waals surface area contributed by atoms with Crippen molar-refractivity contribution >= 4 is 23.6 Å². The van der Waals surface area contributed by atoms with E-state index in [9.17, 15) is 24.9 Å². The molecule has 8 nitrogen and oxygen atoms in total. The van der Waals surface area contributed by atoms with Gasteiger partial charge in [-0.25, -0.2) is 4.79 Å². The van der Waals surface area contributed by atoms with E-state index in [-0.39, 0.29) is 17.0 Å². The molecule has 9 heteroatoms. The number of nitrogens with two attached hydrogens (primary N) is 1. The van der Waals surface area contributed by atoms with E-state index in [1.807, 2.05) is 0 Å². The van der Waals surface area contributed by atoms with E-state index in [0.717, 1.165) is 0 Å². The van der Waals surface area contributed by atoms with Gasteiger partial charge in [0.1, 0.15) is 29.4 Å². The average Bonchev–Trinajstić information content (AvgIpc) is 2.80. The quantitative estimate of drug-likeness (QED) is 0.357. The fraction of sp³-hybridized carbons (Fsp3) is 0.500. The SMILES string of the molecule is CC1(C)SC2[C@@H](NC(O)[C@@H](N)c3ccc(O)cc3)C(=O)N2[C@@H]1C(=O)O. The van der Waals surface area contributed by atoms with Crippen molar-refractivity contribution < 1.29 is 24.9 Å². The van der Waals surface area contributed by atoms with Crippen molar-refractivity contribution in [3.63, 3.8) is 0 Å². The number of carbonyl (C=O) groups is 2. The number of phenolic OH excluding ortho intramolecular Hbond substituents is 1. The van der Waals surface area contributed by atoms with E-state index in [4.69, 9.17) is 5.73 Å². The smallest absolute Gasteiger partial charge is 0.327 e. The Morgan fingerprint density at radius 1 is 1.36 bits per heavy atom. The molecule has 2 fully saturated rings. The summed E-state index contributed by atoms with van der Waals surface area (Å²) in [6.45, 7) is 3.58. The lowest BCUT2D eigenvalue weighted by molar-refractivity contribution is -0.161. The molecule has 2 aliphatic rings. The standard InChI is InChI=1S/C16H21N3O5S/c1-16(2)11(15(23)24)19-13(22)10(14(19)25-16)18-12(21)9(17)7-3-5-8(20)6-4-7/h3-6,9-12,14,18,20-21H,17H2,1-2H3,(H,23,24)/t9-,10-,11+,12?,14?/m0/s1. The van der Waals surface area contributed by atoms with Gasteiger partial charge >= 0.3 is 5.97 Å². The minimum Gasteiger partial charge on any atom is -0.508 e. The van der Waals surface area contributed by atoms with Crippen LogP contribution in [-0.4, -0.2) is 60.5 Å². The summed E-state index contributed by atoms with van der Waals surface area (Å²) in [7, 11) is 0. The third-order valence-electron chi connectivity index (χ3n) is 4.64. The van der Waals surface area contributed by atoms with Gasteiger partial charge in [0.2, 0.25) is 5.91 Å². The molecule has 0 bridgehead atoms. The van der Waals surface area contributed by atoms with Gasteiger partial charge in [0.05, 0.1) is 6.04 Å². The number of β-lactam (4-membered cyclic amide) rings is 1. The second-order valence-electron chi connectivity index (χ2n) is 6.80. The predicted molar refractivity (Wildman–Crippen MR) is 91.7 cm³/mol. The number of nitrogens with one attached hydrogen (secondary N) is 1. The minimum atomic E-state index is -1.19. The zero-order valence-corrected chi connectivity index (χ0v) is 14.6. The van der Waals surface area contributed by atoms with Crippen LogP contribution in [0, 0.1) is 0 Å². The van der Waals surface area contributed by atoms with Crippen molar-refractivity contribution in [2.24, 2.45) is 5.73 Å². The number of carbonyl (C=O) groups excluding carboxylic acids is 1. The van der Waals surface area contributed by atoms with E-state index >= 15 is 0 Å². The van der Waals surface area contributed by atoms with E-state index in [0.29, 0.717) is 5.56 Å². The minimum absolute atomic E-state index is 0.0903. The lowest BCUT2D eigenvalue weighted by atomic mass is 9.95. The molecule has 5 atom stereocenters. The van der Waals surface area contributed by atoms with Crippen LogP contribution in [-0.2, 0) is 9.59 Å². The van der Waals surface area contributed by atoms with Crippen molar-refractivity contribution in [3.05, 3.63) is 29.8 Å². The van der Waals surface area contributed by atoms with Crippen molar-refractivity contribution in [3.8, 4) is 5.75 Å². The van der Waals surface area contributed by atoms with E-state index in [1.54, 1.807) is 26.0 Å². The highest BCUT2D eigenvalue weighted by Crippen LogP contribution is 2.50. The molecule has 1 aromatic rings. The van der Waals surface area contributed by atoms with Gasteiger partial charge in [-0.2, -0.15) is 0 Å². The summed E-state index contributed by atoms with van der Waals surface area (Å²) in [4.78, 5) is 25.2. The fourth-order valence-corrected chi connectivity index (χ4v) is 4.97. The number of carboxylic acids is 1. The average molecular weight is 367 g/mol. The monoisotopic (exact) mass is 367 g/mol. The predicted octanol–water partition coefficient (Wildman–Crippen LogP) is -0.184. The number of rotatable bonds is 5. The molecule has 0 aliphatic carbocycles. The second-order valence-corrected chi connectivity index (χ2v) is 8.58. The normalized spacial score (nSPS) is 29.7. The van der Waals surface area contributed by atoms with Crippen LogP contribution in [0.15, 0.2) is 24.3 Å².